The van der Waals surface area contributed by atoms with E-state index in [1.807, 2.05) is 24.9 Å². The van der Waals surface area contributed by atoms with E-state index in [4.69, 9.17) is 0 Å². The predicted octanol–water partition coefficient (Wildman–Crippen LogP) is 1.40. The van der Waals surface area contributed by atoms with Crippen molar-refractivity contribution in [3.8, 4) is 0 Å². The van der Waals surface area contributed by atoms with Crippen LogP contribution in [0.3, 0.4) is 0 Å². The zero-order valence-electron chi connectivity index (χ0n) is 10.7. The standard InChI is InChI=1S/C12H23N3O/c1-5-11(16)7-13-6-10-8-15(4)14-12(10)9(2)3/h8-9,11,13,16H,5-7H2,1-4H3. The van der Waals surface area contributed by atoms with Crippen molar-refractivity contribution in [3.63, 3.8) is 0 Å². The summed E-state index contributed by atoms with van der Waals surface area (Å²) in [6, 6.07) is 0. The molecule has 0 radical (unpaired) electrons. The molecule has 2 N–H and O–H groups in total. The number of aliphatic hydroxyl groups excluding tert-OH is 1. The van der Waals surface area contributed by atoms with Crippen molar-refractivity contribution >= 4 is 0 Å². The molecule has 1 heterocycles. The van der Waals surface area contributed by atoms with Crippen LogP contribution in [0.15, 0.2) is 6.20 Å². The van der Waals surface area contributed by atoms with E-state index < -0.39 is 0 Å². The van der Waals surface area contributed by atoms with E-state index in [0.717, 1.165) is 18.7 Å². The molecule has 0 fully saturated rings. The molecule has 0 spiro atoms. The number of hydrogen-bond acceptors (Lipinski definition) is 3. The van der Waals surface area contributed by atoms with Crippen molar-refractivity contribution in [2.45, 2.75) is 45.8 Å². The molecule has 1 unspecified atom stereocenters. The summed E-state index contributed by atoms with van der Waals surface area (Å²) in [5.74, 6) is 0.439. The van der Waals surface area contributed by atoms with Gasteiger partial charge in [0, 0.05) is 31.9 Å². The first-order valence-electron chi connectivity index (χ1n) is 5.95. The fraction of sp³-hybridized carbons (Fsp3) is 0.750. The summed E-state index contributed by atoms with van der Waals surface area (Å²) < 4.78 is 1.85. The van der Waals surface area contributed by atoms with Crippen LogP contribution in [0.5, 0.6) is 0 Å². The molecule has 0 saturated heterocycles. The summed E-state index contributed by atoms with van der Waals surface area (Å²) in [6.45, 7) is 7.69. The van der Waals surface area contributed by atoms with E-state index in [9.17, 15) is 5.11 Å². The Kier molecular flexibility index (Phi) is 4.96. The Morgan fingerprint density at radius 2 is 2.19 bits per heavy atom. The van der Waals surface area contributed by atoms with Crippen molar-refractivity contribution in [2.75, 3.05) is 6.54 Å². The van der Waals surface area contributed by atoms with Crippen LogP contribution >= 0.6 is 0 Å². The van der Waals surface area contributed by atoms with E-state index in [-0.39, 0.29) is 6.10 Å². The Bertz CT molecular complexity index is 320. The van der Waals surface area contributed by atoms with Crippen LogP contribution in [-0.4, -0.2) is 27.5 Å². The van der Waals surface area contributed by atoms with Gasteiger partial charge in [-0.1, -0.05) is 20.8 Å². The van der Waals surface area contributed by atoms with Crippen molar-refractivity contribution < 1.29 is 5.11 Å². The van der Waals surface area contributed by atoms with Gasteiger partial charge in [-0.3, -0.25) is 4.68 Å². The zero-order chi connectivity index (χ0) is 12.1. The molecule has 0 aliphatic heterocycles. The maximum atomic E-state index is 9.44. The highest BCUT2D eigenvalue weighted by Crippen LogP contribution is 2.16. The minimum atomic E-state index is -0.251. The molecule has 0 aromatic carbocycles. The number of aliphatic hydroxyl groups is 1. The molecule has 0 saturated carbocycles. The number of aryl methyl sites for hydroxylation is 1. The number of nitrogens with one attached hydrogen (secondary N) is 1. The highest BCUT2D eigenvalue weighted by atomic mass is 16.3. The number of hydrogen-bond donors (Lipinski definition) is 2. The number of rotatable bonds is 6. The monoisotopic (exact) mass is 225 g/mol. The van der Waals surface area contributed by atoms with Crippen molar-refractivity contribution in [2.24, 2.45) is 7.05 Å². The molecular weight excluding hydrogens is 202 g/mol. The van der Waals surface area contributed by atoms with Crippen molar-refractivity contribution in [1.82, 2.24) is 15.1 Å². The molecule has 1 atom stereocenters. The number of nitrogens with zero attached hydrogens (tertiary/aromatic N) is 2. The fourth-order valence-corrected chi connectivity index (χ4v) is 1.69. The second kappa shape index (κ2) is 6.01. The van der Waals surface area contributed by atoms with Gasteiger partial charge in [0.15, 0.2) is 0 Å². The molecule has 1 aromatic rings. The first kappa shape index (κ1) is 13.2. The van der Waals surface area contributed by atoms with Crippen LogP contribution in [0.4, 0.5) is 0 Å². The summed E-state index contributed by atoms with van der Waals surface area (Å²) >= 11 is 0. The van der Waals surface area contributed by atoms with Crippen LogP contribution in [0, 0.1) is 0 Å². The van der Waals surface area contributed by atoms with Gasteiger partial charge in [-0.05, 0) is 12.3 Å². The van der Waals surface area contributed by atoms with Gasteiger partial charge in [-0.15, -0.1) is 0 Å². The quantitative estimate of drug-likeness (QED) is 0.769. The first-order chi connectivity index (χ1) is 7.54. The van der Waals surface area contributed by atoms with E-state index in [2.05, 4.69) is 24.3 Å². The number of aromatic nitrogens is 2. The lowest BCUT2D eigenvalue weighted by molar-refractivity contribution is 0.167. The highest BCUT2D eigenvalue weighted by Gasteiger charge is 2.11. The lowest BCUT2D eigenvalue weighted by Crippen LogP contribution is -2.25. The van der Waals surface area contributed by atoms with Crippen LogP contribution < -0.4 is 5.32 Å². The normalized spacial score (nSPS) is 13.4. The Morgan fingerprint density at radius 3 is 2.75 bits per heavy atom. The second-order valence-electron chi connectivity index (χ2n) is 4.56. The van der Waals surface area contributed by atoms with E-state index in [0.29, 0.717) is 12.5 Å². The third-order valence-corrected chi connectivity index (χ3v) is 2.65. The maximum absolute atomic E-state index is 9.44. The largest absolute Gasteiger partial charge is 0.392 e. The fourth-order valence-electron chi connectivity index (χ4n) is 1.69. The molecule has 1 aromatic heterocycles. The third-order valence-electron chi connectivity index (χ3n) is 2.65. The van der Waals surface area contributed by atoms with Gasteiger partial charge in [-0.25, -0.2) is 0 Å². The maximum Gasteiger partial charge on any atom is 0.0694 e. The highest BCUT2D eigenvalue weighted by molar-refractivity contribution is 5.19. The molecule has 0 amide bonds. The molecule has 4 nitrogen and oxygen atoms in total. The van der Waals surface area contributed by atoms with Gasteiger partial charge in [0.05, 0.1) is 11.8 Å². The molecule has 92 valence electrons. The molecular formula is C12H23N3O. The van der Waals surface area contributed by atoms with Crippen LogP contribution in [0.2, 0.25) is 0 Å². The molecule has 16 heavy (non-hydrogen) atoms. The molecule has 0 bridgehead atoms. The molecule has 4 heteroatoms. The molecule has 1 rings (SSSR count). The predicted molar refractivity (Wildman–Crippen MR) is 65.3 cm³/mol. The summed E-state index contributed by atoms with van der Waals surface area (Å²) in [4.78, 5) is 0. The van der Waals surface area contributed by atoms with Gasteiger partial charge in [0.1, 0.15) is 0 Å². The molecule has 0 aliphatic rings. The summed E-state index contributed by atoms with van der Waals surface area (Å²) in [5, 5.41) is 17.1. The zero-order valence-corrected chi connectivity index (χ0v) is 10.7. The average Bonchev–Trinajstić information content (AvgIpc) is 2.59. The lowest BCUT2D eigenvalue weighted by atomic mass is 10.1. The van der Waals surface area contributed by atoms with Crippen molar-refractivity contribution in [1.29, 1.82) is 0 Å². The van der Waals surface area contributed by atoms with Crippen LogP contribution in [0.25, 0.3) is 0 Å². The topological polar surface area (TPSA) is 50.1 Å². The minimum Gasteiger partial charge on any atom is -0.392 e. The van der Waals surface area contributed by atoms with Crippen LogP contribution in [0.1, 0.15) is 44.4 Å². The SMILES string of the molecule is CCC(O)CNCc1cn(C)nc1C(C)C. The Morgan fingerprint density at radius 1 is 1.50 bits per heavy atom. The Balaban J connectivity index is 2.53. The Hall–Kier alpha value is -0.870. The summed E-state index contributed by atoms with van der Waals surface area (Å²) in [6.07, 6.45) is 2.58. The van der Waals surface area contributed by atoms with E-state index >= 15 is 0 Å². The van der Waals surface area contributed by atoms with Crippen molar-refractivity contribution in [3.05, 3.63) is 17.5 Å². The Labute approximate surface area is 97.7 Å². The summed E-state index contributed by atoms with van der Waals surface area (Å²) in [5.41, 5.74) is 2.36. The van der Waals surface area contributed by atoms with Gasteiger partial charge < -0.3 is 10.4 Å². The molecule has 0 aliphatic carbocycles. The van der Waals surface area contributed by atoms with E-state index in [1.165, 1.54) is 5.56 Å². The lowest BCUT2D eigenvalue weighted by Gasteiger charge is -2.10. The minimum absolute atomic E-state index is 0.251. The second-order valence-corrected chi connectivity index (χ2v) is 4.56. The third kappa shape index (κ3) is 3.61. The van der Waals surface area contributed by atoms with Crippen LogP contribution in [-0.2, 0) is 13.6 Å². The smallest absolute Gasteiger partial charge is 0.0694 e. The van der Waals surface area contributed by atoms with Gasteiger partial charge >= 0.3 is 0 Å². The first-order valence-corrected chi connectivity index (χ1v) is 5.95. The summed E-state index contributed by atoms with van der Waals surface area (Å²) in [7, 11) is 1.94. The van der Waals surface area contributed by atoms with E-state index in [1.54, 1.807) is 0 Å². The average molecular weight is 225 g/mol. The van der Waals surface area contributed by atoms with Gasteiger partial charge in [-0.2, -0.15) is 5.10 Å². The van der Waals surface area contributed by atoms with Gasteiger partial charge in [0.2, 0.25) is 0 Å². The van der Waals surface area contributed by atoms with Gasteiger partial charge in [0.25, 0.3) is 0 Å².